The summed E-state index contributed by atoms with van der Waals surface area (Å²) in [5, 5.41) is 11.6. The van der Waals surface area contributed by atoms with Gasteiger partial charge in [0.05, 0.1) is 28.1 Å². The molecule has 0 fully saturated rings. The maximum atomic E-state index is 6.94. The summed E-state index contributed by atoms with van der Waals surface area (Å²) in [5.41, 5.74) is 15.7. The van der Waals surface area contributed by atoms with Crippen LogP contribution in [0.25, 0.3) is 105 Å². The molecule has 0 amide bonds. The number of benzene rings is 7. The monoisotopic (exact) mass is 955 g/mol. The Labute approximate surface area is 358 Å². The molecule has 7 nitrogen and oxygen atoms in total. The molecule has 0 saturated carbocycles. The van der Waals surface area contributed by atoms with E-state index in [-0.39, 0.29) is 20.1 Å². The number of furan rings is 2. The van der Waals surface area contributed by atoms with Crippen LogP contribution in [0.15, 0.2) is 154 Å². The van der Waals surface area contributed by atoms with Crippen molar-refractivity contribution in [3.05, 3.63) is 175 Å². The van der Waals surface area contributed by atoms with Crippen molar-refractivity contribution in [2.45, 2.75) is 27.7 Å². The van der Waals surface area contributed by atoms with Crippen molar-refractivity contribution < 1.29 is 28.9 Å². The topological polar surface area (TPSA) is 66.8 Å². The normalized spacial score (nSPS) is 11.9. The van der Waals surface area contributed by atoms with Crippen LogP contribution in [0.3, 0.4) is 0 Å². The summed E-state index contributed by atoms with van der Waals surface area (Å²) >= 11 is 0. The van der Waals surface area contributed by atoms with Crippen LogP contribution in [0.1, 0.15) is 22.9 Å². The minimum absolute atomic E-state index is 0. The quantitative estimate of drug-likeness (QED) is 0.161. The average Bonchev–Trinajstić information content (AvgIpc) is 4.06. The van der Waals surface area contributed by atoms with Gasteiger partial charge in [-0.05, 0) is 99.6 Å². The first kappa shape index (κ1) is 36.1. The van der Waals surface area contributed by atoms with Crippen LogP contribution in [0, 0.1) is 33.8 Å². The first-order valence-corrected chi connectivity index (χ1v) is 19.9. The SMILES string of the molecule is Cc1nn(-c2[c-]cccc2)c(C)c1-c1ccc2oc3c(-n4c5ccccc5c5ccccc54)cc(-c4nc(C)n(-c5ccc6oc7ccccc7c6c5)c4C)cc3c2c1.[Ir]. The van der Waals surface area contributed by atoms with Crippen molar-refractivity contribution in [2.75, 3.05) is 0 Å². The molecular weight excluding hydrogens is 919 g/mol. The van der Waals surface area contributed by atoms with Crippen LogP contribution < -0.4 is 0 Å². The molecule has 0 atom stereocenters. The molecule has 0 N–H and O–H groups in total. The third-order valence-electron chi connectivity index (χ3n) is 12.0. The first-order valence-electron chi connectivity index (χ1n) is 19.9. The van der Waals surface area contributed by atoms with E-state index in [2.05, 4.69) is 152 Å². The molecule has 1 radical (unpaired) electrons. The molecule has 0 unspecified atom stereocenters. The summed E-state index contributed by atoms with van der Waals surface area (Å²) in [6, 6.07) is 54.2. The zero-order valence-corrected chi connectivity index (χ0v) is 35.6. The van der Waals surface area contributed by atoms with Gasteiger partial charge in [-0.1, -0.05) is 60.7 Å². The fourth-order valence-electron chi connectivity index (χ4n) is 9.46. The number of hydrogen-bond donors (Lipinski definition) is 0. The molecule has 0 saturated heterocycles. The third-order valence-corrected chi connectivity index (χ3v) is 12.0. The molecule has 7 aromatic carbocycles. The van der Waals surface area contributed by atoms with E-state index in [0.717, 1.165) is 117 Å². The Kier molecular flexibility index (Phi) is 8.14. The number of imidazole rings is 1. The van der Waals surface area contributed by atoms with Crippen LogP contribution in [0.2, 0.25) is 0 Å². The molecule has 8 heteroatoms. The Morgan fingerprint density at radius 3 is 1.95 bits per heavy atom. The van der Waals surface area contributed by atoms with E-state index < -0.39 is 0 Å². The second kappa shape index (κ2) is 13.5. The summed E-state index contributed by atoms with van der Waals surface area (Å²) in [4.78, 5) is 5.31. The first-order chi connectivity index (χ1) is 28.9. The van der Waals surface area contributed by atoms with Crippen LogP contribution in [-0.2, 0) is 20.1 Å². The number of para-hydroxylation sites is 4. The van der Waals surface area contributed by atoms with E-state index in [4.69, 9.17) is 18.9 Å². The van der Waals surface area contributed by atoms with Gasteiger partial charge in [0, 0.05) is 80.6 Å². The van der Waals surface area contributed by atoms with Gasteiger partial charge in [-0.3, -0.25) is 4.68 Å². The van der Waals surface area contributed by atoms with Crippen molar-refractivity contribution in [3.8, 4) is 39.4 Å². The minimum Gasteiger partial charge on any atom is -0.456 e. The van der Waals surface area contributed by atoms with Crippen molar-refractivity contribution in [3.63, 3.8) is 0 Å². The Bertz CT molecular complexity index is 3620. The zero-order chi connectivity index (χ0) is 39.5. The predicted octanol–water partition coefficient (Wildman–Crippen LogP) is 13.3. The number of hydrogen-bond acceptors (Lipinski definition) is 4. The van der Waals surface area contributed by atoms with Gasteiger partial charge >= 0.3 is 0 Å². The summed E-state index contributed by atoms with van der Waals surface area (Å²) in [5.74, 6) is 0.904. The molecule has 0 aliphatic heterocycles. The Morgan fingerprint density at radius 1 is 0.533 bits per heavy atom. The summed E-state index contributed by atoms with van der Waals surface area (Å²) in [6.07, 6.45) is 0. The molecule has 0 aliphatic carbocycles. The maximum Gasteiger partial charge on any atom is 0.159 e. The molecule has 5 heterocycles. The van der Waals surface area contributed by atoms with E-state index in [1.807, 2.05) is 41.1 Å². The molecule has 12 rings (SSSR count). The van der Waals surface area contributed by atoms with E-state index in [9.17, 15) is 0 Å². The van der Waals surface area contributed by atoms with Gasteiger partial charge in [0.25, 0.3) is 0 Å². The fourth-order valence-corrected chi connectivity index (χ4v) is 9.46. The molecule has 60 heavy (non-hydrogen) atoms. The predicted molar refractivity (Wildman–Crippen MR) is 238 cm³/mol. The van der Waals surface area contributed by atoms with Crippen LogP contribution in [0.5, 0.6) is 0 Å². The molecule has 5 aromatic heterocycles. The number of rotatable bonds is 5. The van der Waals surface area contributed by atoms with Crippen molar-refractivity contribution in [2.24, 2.45) is 0 Å². The average molecular weight is 955 g/mol. The molecule has 0 aliphatic rings. The molecule has 12 aromatic rings. The van der Waals surface area contributed by atoms with Gasteiger partial charge < -0.3 is 18.0 Å². The zero-order valence-electron chi connectivity index (χ0n) is 33.2. The molecule has 0 spiro atoms. The molecular formula is C52H36IrN5O2-. The van der Waals surface area contributed by atoms with Crippen molar-refractivity contribution in [1.29, 1.82) is 0 Å². The second-order valence-corrected chi connectivity index (χ2v) is 15.5. The van der Waals surface area contributed by atoms with E-state index in [0.29, 0.717) is 0 Å². The number of aryl methyl sites for hydroxylation is 2. The van der Waals surface area contributed by atoms with Crippen LogP contribution >= 0.6 is 0 Å². The number of aromatic nitrogens is 5. The largest absolute Gasteiger partial charge is 0.456 e. The molecule has 0 bridgehead atoms. The van der Waals surface area contributed by atoms with E-state index >= 15 is 0 Å². The Balaban J connectivity index is 0.00000408. The van der Waals surface area contributed by atoms with Gasteiger partial charge in [0.1, 0.15) is 22.6 Å². The third kappa shape index (κ3) is 5.24. The van der Waals surface area contributed by atoms with Gasteiger partial charge in [-0.15, -0.1) is 6.07 Å². The van der Waals surface area contributed by atoms with Crippen molar-refractivity contribution in [1.82, 2.24) is 23.9 Å². The number of nitrogens with zero attached hydrogens (tertiary/aromatic N) is 5. The summed E-state index contributed by atoms with van der Waals surface area (Å²) in [7, 11) is 0. The van der Waals surface area contributed by atoms with E-state index in [1.165, 1.54) is 10.8 Å². The second-order valence-electron chi connectivity index (χ2n) is 15.5. The summed E-state index contributed by atoms with van der Waals surface area (Å²) < 4.78 is 19.7. The molecule has 291 valence electrons. The Hall–Kier alpha value is -6.99. The fraction of sp³-hybridized carbons (Fsp3) is 0.0769. The minimum atomic E-state index is 0. The number of fused-ring (bicyclic) bond motifs is 9. The van der Waals surface area contributed by atoms with Gasteiger partial charge in [0.2, 0.25) is 0 Å². The van der Waals surface area contributed by atoms with E-state index in [1.54, 1.807) is 0 Å². The standard InChI is InChI=1S/C52H36N5O2.Ir/c1-30-50(31(2)57(54-30)36-14-6-5-7-15-36)34-22-24-49-41(26-34)43-27-35(28-46(52(43)59-49)56-44-19-11-8-16-38(44)39-17-9-12-20-45(39)56)51-32(3)55(33(4)53-51)37-23-25-48-42(29-37)40-18-10-13-21-47(40)58-48;/h5-14,16-29H,1-4H3;/q-1;. The van der Waals surface area contributed by atoms with Crippen molar-refractivity contribution >= 4 is 65.7 Å². The maximum absolute atomic E-state index is 6.94. The van der Waals surface area contributed by atoms with Gasteiger partial charge in [-0.25, -0.2) is 4.98 Å². The van der Waals surface area contributed by atoms with Gasteiger partial charge in [-0.2, -0.15) is 29.4 Å². The van der Waals surface area contributed by atoms with Gasteiger partial charge in [0.15, 0.2) is 5.58 Å². The van der Waals surface area contributed by atoms with Crippen LogP contribution in [0.4, 0.5) is 0 Å². The Morgan fingerprint density at radius 2 is 1.18 bits per heavy atom. The smallest absolute Gasteiger partial charge is 0.159 e. The van der Waals surface area contributed by atoms with Crippen LogP contribution in [-0.4, -0.2) is 23.9 Å². The summed E-state index contributed by atoms with van der Waals surface area (Å²) in [6.45, 7) is 8.45.